The lowest BCUT2D eigenvalue weighted by atomic mass is 9.93. The van der Waals surface area contributed by atoms with E-state index in [1.165, 1.54) is 16.8 Å². The molecule has 0 unspecified atom stereocenters. The van der Waals surface area contributed by atoms with Crippen molar-refractivity contribution < 1.29 is 4.74 Å². The second kappa shape index (κ2) is 4.36. The van der Waals surface area contributed by atoms with Crippen LogP contribution in [0.1, 0.15) is 50.7 Å². The number of hydrogen-bond donors (Lipinski definition) is 1. The Labute approximate surface area is 98.0 Å². The van der Waals surface area contributed by atoms with E-state index in [1.54, 1.807) is 0 Å². The molecule has 0 saturated carbocycles. The van der Waals surface area contributed by atoms with Crippen LogP contribution in [0.2, 0.25) is 0 Å². The van der Waals surface area contributed by atoms with Crippen molar-refractivity contribution in [2.24, 2.45) is 0 Å². The van der Waals surface area contributed by atoms with E-state index in [2.05, 4.69) is 45.1 Å². The van der Waals surface area contributed by atoms with Crippen LogP contribution in [0, 0.1) is 0 Å². The highest BCUT2D eigenvalue weighted by molar-refractivity contribution is 5.67. The van der Waals surface area contributed by atoms with Gasteiger partial charge in [0.2, 0.25) is 0 Å². The molecule has 1 N–H and O–H groups in total. The van der Waals surface area contributed by atoms with Gasteiger partial charge in [0.25, 0.3) is 0 Å². The third-order valence-electron chi connectivity index (χ3n) is 3.11. The van der Waals surface area contributed by atoms with Crippen LogP contribution >= 0.6 is 0 Å². The Bertz CT molecular complexity index is 346. The van der Waals surface area contributed by atoms with E-state index in [-0.39, 0.29) is 0 Å². The van der Waals surface area contributed by atoms with Crippen LogP contribution in [0.4, 0.5) is 5.69 Å². The second-order valence-corrected chi connectivity index (χ2v) is 5.03. The highest BCUT2D eigenvalue weighted by Gasteiger charge is 2.20. The van der Waals surface area contributed by atoms with Gasteiger partial charge in [-0.25, -0.2) is 0 Å². The zero-order valence-corrected chi connectivity index (χ0v) is 10.6. The van der Waals surface area contributed by atoms with Gasteiger partial charge in [-0.2, -0.15) is 0 Å². The number of ether oxygens (including phenoxy) is 1. The molecule has 0 bridgehead atoms. The molecule has 0 aromatic heterocycles. The zero-order valence-electron chi connectivity index (χ0n) is 10.6. The van der Waals surface area contributed by atoms with E-state index in [0.717, 1.165) is 18.9 Å². The average Bonchev–Trinajstić information content (AvgIpc) is 2.27. The van der Waals surface area contributed by atoms with Gasteiger partial charge in [0, 0.05) is 6.54 Å². The molecule has 0 spiro atoms. The van der Waals surface area contributed by atoms with Gasteiger partial charge in [-0.3, -0.25) is 0 Å². The van der Waals surface area contributed by atoms with Gasteiger partial charge >= 0.3 is 0 Å². The van der Waals surface area contributed by atoms with Crippen molar-refractivity contribution in [3.8, 4) is 5.75 Å². The predicted molar refractivity (Wildman–Crippen MR) is 68.6 cm³/mol. The summed E-state index contributed by atoms with van der Waals surface area (Å²) in [4.78, 5) is 0. The molecule has 2 heteroatoms. The average molecular weight is 219 g/mol. The Kier molecular flexibility index (Phi) is 3.08. The van der Waals surface area contributed by atoms with Crippen molar-refractivity contribution in [2.45, 2.75) is 39.5 Å². The number of rotatable bonds is 2. The van der Waals surface area contributed by atoms with Crippen LogP contribution in [0.25, 0.3) is 0 Å². The third kappa shape index (κ3) is 1.89. The molecule has 0 saturated heterocycles. The maximum Gasteiger partial charge on any atom is 0.146 e. The first-order chi connectivity index (χ1) is 7.61. The fourth-order valence-electron chi connectivity index (χ4n) is 2.22. The molecule has 2 rings (SSSR count). The lowest BCUT2D eigenvalue weighted by Crippen LogP contribution is -2.21. The fraction of sp³-hybridized carbons (Fsp3) is 0.571. The Morgan fingerprint density at radius 3 is 2.31 bits per heavy atom. The third-order valence-corrected chi connectivity index (χ3v) is 3.11. The summed E-state index contributed by atoms with van der Waals surface area (Å²) in [5, 5.41) is 3.48. The SMILES string of the molecule is CC(C)c1ccc(C(C)C)c2c1NCCO2. The summed E-state index contributed by atoms with van der Waals surface area (Å²) in [6.07, 6.45) is 0. The van der Waals surface area contributed by atoms with Gasteiger partial charge in [-0.1, -0.05) is 39.8 Å². The van der Waals surface area contributed by atoms with Crippen LogP contribution in [0.5, 0.6) is 5.75 Å². The highest BCUT2D eigenvalue weighted by Crippen LogP contribution is 2.40. The zero-order chi connectivity index (χ0) is 11.7. The number of nitrogens with one attached hydrogen (secondary N) is 1. The summed E-state index contributed by atoms with van der Waals surface area (Å²) in [5.41, 5.74) is 3.89. The Hall–Kier alpha value is -1.18. The molecule has 1 aliphatic heterocycles. The minimum Gasteiger partial charge on any atom is -0.489 e. The van der Waals surface area contributed by atoms with Crippen LogP contribution < -0.4 is 10.1 Å². The van der Waals surface area contributed by atoms with Crippen molar-refractivity contribution in [2.75, 3.05) is 18.5 Å². The lowest BCUT2D eigenvalue weighted by molar-refractivity contribution is 0.318. The number of anilines is 1. The van der Waals surface area contributed by atoms with Crippen LogP contribution in [-0.4, -0.2) is 13.2 Å². The van der Waals surface area contributed by atoms with Crippen molar-refractivity contribution in [3.63, 3.8) is 0 Å². The highest BCUT2D eigenvalue weighted by atomic mass is 16.5. The normalized spacial score (nSPS) is 14.6. The molecular weight excluding hydrogens is 198 g/mol. The van der Waals surface area contributed by atoms with Crippen LogP contribution in [0.3, 0.4) is 0 Å². The molecule has 2 nitrogen and oxygen atoms in total. The first-order valence-electron chi connectivity index (χ1n) is 6.14. The summed E-state index contributed by atoms with van der Waals surface area (Å²) in [5.74, 6) is 2.12. The largest absolute Gasteiger partial charge is 0.489 e. The molecule has 0 radical (unpaired) electrons. The van der Waals surface area contributed by atoms with Crippen molar-refractivity contribution >= 4 is 5.69 Å². The molecule has 88 valence electrons. The van der Waals surface area contributed by atoms with Crippen molar-refractivity contribution in [1.29, 1.82) is 0 Å². The first kappa shape index (κ1) is 11.3. The number of hydrogen-bond acceptors (Lipinski definition) is 2. The van der Waals surface area contributed by atoms with Gasteiger partial charge in [0.15, 0.2) is 0 Å². The summed E-state index contributed by atoms with van der Waals surface area (Å²) in [6, 6.07) is 4.45. The minimum atomic E-state index is 0.509. The van der Waals surface area contributed by atoms with Crippen LogP contribution in [-0.2, 0) is 0 Å². The first-order valence-corrected chi connectivity index (χ1v) is 6.14. The van der Waals surface area contributed by atoms with Gasteiger partial charge < -0.3 is 10.1 Å². The maximum atomic E-state index is 5.84. The lowest BCUT2D eigenvalue weighted by Gasteiger charge is -2.27. The van der Waals surface area contributed by atoms with E-state index in [4.69, 9.17) is 4.74 Å². The standard InChI is InChI=1S/C14H21NO/c1-9(2)11-5-6-12(10(3)4)14-13(11)15-7-8-16-14/h5-6,9-10,15H,7-8H2,1-4H3. The van der Waals surface area contributed by atoms with Gasteiger partial charge in [-0.05, 0) is 23.0 Å². The van der Waals surface area contributed by atoms with Gasteiger partial charge in [0.1, 0.15) is 12.4 Å². The molecule has 16 heavy (non-hydrogen) atoms. The fourth-order valence-corrected chi connectivity index (χ4v) is 2.22. The van der Waals surface area contributed by atoms with E-state index in [1.807, 2.05) is 0 Å². The van der Waals surface area contributed by atoms with Crippen molar-refractivity contribution in [3.05, 3.63) is 23.3 Å². The van der Waals surface area contributed by atoms with Crippen LogP contribution in [0.15, 0.2) is 12.1 Å². The topological polar surface area (TPSA) is 21.3 Å². The molecule has 1 heterocycles. The number of benzene rings is 1. The molecule has 0 atom stereocenters. The molecule has 1 aliphatic rings. The Morgan fingerprint density at radius 2 is 1.69 bits per heavy atom. The van der Waals surface area contributed by atoms with Gasteiger partial charge in [-0.15, -0.1) is 0 Å². The van der Waals surface area contributed by atoms with E-state index in [0.29, 0.717) is 11.8 Å². The maximum absolute atomic E-state index is 5.84. The smallest absolute Gasteiger partial charge is 0.146 e. The summed E-state index contributed by atoms with van der Waals surface area (Å²) in [6.45, 7) is 10.6. The molecular formula is C14H21NO. The predicted octanol–water partition coefficient (Wildman–Crippen LogP) is 3.74. The van der Waals surface area contributed by atoms with E-state index in [9.17, 15) is 0 Å². The quantitative estimate of drug-likeness (QED) is 0.818. The summed E-state index contributed by atoms with van der Waals surface area (Å²) >= 11 is 0. The molecule has 0 fully saturated rings. The molecule has 0 aliphatic carbocycles. The molecule has 0 amide bonds. The minimum absolute atomic E-state index is 0.509. The second-order valence-electron chi connectivity index (χ2n) is 5.03. The summed E-state index contributed by atoms with van der Waals surface area (Å²) in [7, 11) is 0. The van der Waals surface area contributed by atoms with E-state index >= 15 is 0 Å². The molecule has 1 aromatic carbocycles. The monoisotopic (exact) mass is 219 g/mol. The summed E-state index contributed by atoms with van der Waals surface area (Å²) < 4.78 is 5.84. The van der Waals surface area contributed by atoms with Crippen molar-refractivity contribution in [1.82, 2.24) is 0 Å². The van der Waals surface area contributed by atoms with Gasteiger partial charge in [0.05, 0.1) is 5.69 Å². The number of fused-ring (bicyclic) bond motifs is 1. The Balaban J connectivity index is 2.54. The molecule has 1 aromatic rings. The Morgan fingerprint density at radius 1 is 1.06 bits per heavy atom. The van der Waals surface area contributed by atoms with E-state index < -0.39 is 0 Å².